The van der Waals surface area contributed by atoms with Gasteiger partial charge in [0.15, 0.2) is 0 Å². The van der Waals surface area contributed by atoms with Crippen LogP contribution in [0.5, 0.6) is 0 Å². The molecule has 1 saturated heterocycles. The number of rotatable bonds is 5. The zero-order valence-electron chi connectivity index (χ0n) is 17.8. The van der Waals surface area contributed by atoms with Crippen molar-refractivity contribution >= 4 is 38.5 Å². The van der Waals surface area contributed by atoms with Gasteiger partial charge in [0.2, 0.25) is 10.0 Å². The van der Waals surface area contributed by atoms with E-state index in [9.17, 15) is 13.2 Å². The fraction of sp³-hybridized carbons (Fsp3) is 0.304. The summed E-state index contributed by atoms with van der Waals surface area (Å²) in [6.07, 6.45) is 0. The van der Waals surface area contributed by atoms with E-state index < -0.39 is 16.0 Å². The first-order chi connectivity index (χ1) is 15.3. The maximum Gasteiger partial charge on any atom is 0.338 e. The topological polar surface area (TPSA) is 85.8 Å². The van der Waals surface area contributed by atoms with Gasteiger partial charge < -0.3 is 9.47 Å². The molecular weight excluding hydrogens is 452 g/mol. The van der Waals surface area contributed by atoms with Crippen LogP contribution in [0.25, 0.3) is 10.9 Å². The van der Waals surface area contributed by atoms with Gasteiger partial charge in [0, 0.05) is 24.0 Å². The highest BCUT2D eigenvalue weighted by atomic mass is 35.5. The summed E-state index contributed by atoms with van der Waals surface area (Å²) in [6, 6.07) is 12.2. The molecule has 7 nitrogen and oxygen atoms in total. The molecule has 32 heavy (non-hydrogen) atoms. The molecule has 1 aliphatic heterocycles. The molecule has 1 aliphatic rings. The Bertz CT molecular complexity index is 1290. The molecule has 2 aromatic carbocycles. The van der Waals surface area contributed by atoms with E-state index in [1.54, 1.807) is 19.1 Å². The Labute approximate surface area is 192 Å². The number of ether oxygens (including phenoxy) is 2. The number of pyridine rings is 1. The summed E-state index contributed by atoms with van der Waals surface area (Å²) < 4.78 is 38.1. The van der Waals surface area contributed by atoms with Gasteiger partial charge in [-0.15, -0.1) is 0 Å². The second-order valence-electron chi connectivity index (χ2n) is 7.71. The number of hydrogen-bond acceptors (Lipinski definition) is 6. The molecule has 1 aromatic heterocycles. The van der Waals surface area contributed by atoms with Gasteiger partial charge >= 0.3 is 5.97 Å². The Morgan fingerprint density at radius 2 is 1.88 bits per heavy atom. The second-order valence-corrected chi connectivity index (χ2v) is 9.97. The molecule has 168 valence electrons. The van der Waals surface area contributed by atoms with Crippen LogP contribution < -0.4 is 0 Å². The molecule has 0 unspecified atom stereocenters. The Morgan fingerprint density at radius 1 is 1.12 bits per heavy atom. The molecule has 3 aromatic rings. The smallest absolute Gasteiger partial charge is 0.338 e. The van der Waals surface area contributed by atoms with Gasteiger partial charge in [0.05, 0.1) is 29.2 Å². The number of hydrogen-bond donors (Lipinski definition) is 0. The van der Waals surface area contributed by atoms with Crippen molar-refractivity contribution < 1.29 is 22.7 Å². The lowest BCUT2D eigenvalue weighted by atomic mass is 10.1. The van der Waals surface area contributed by atoms with E-state index in [0.29, 0.717) is 24.3 Å². The van der Waals surface area contributed by atoms with Crippen LogP contribution in [0.1, 0.15) is 27.0 Å². The zero-order chi connectivity index (χ0) is 22.9. The van der Waals surface area contributed by atoms with E-state index in [0.717, 1.165) is 16.5 Å². The summed E-state index contributed by atoms with van der Waals surface area (Å²) in [5.74, 6) is -0.636. The van der Waals surface area contributed by atoms with E-state index in [2.05, 4.69) is 4.98 Å². The Kier molecular flexibility index (Phi) is 6.48. The molecule has 0 saturated carbocycles. The molecule has 4 rings (SSSR count). The fourth-order valence-corrected chi connectivity index (χ4v) is 5.42. The average Bonchev–Trinajstić information content (AvgIpc) is 2.78. The van der Waals surface area contributed by atoms with Crippen molar-refractivity contribution in [3.05, 3.63) is 69.9 Å². The predicted octanol–water partition coefficient (Wildman–Crippen LogP) is 3.88. The second kappa shape index (κ2) is 9.15. The van der Waals surface area contributed by atoms with E-state index >= 15 is 0 Å². The zero-order valence-corrected chi connectivity index (χ0v) is 19.4. The number of nitrogens with zero attached hydrogens (tertiary/aromatic N) is 2. The van der Waals surface area contributed by atoms with Crippen molar-refractivity contribution in [2.75, 3.05) is 26.3 Å². The number of esters is 1. The number of carbonyl (C=O) groups excluding carboxylic acids is 1. The molecule has 9 heteroatoms. The molecule has 2 heterocycles. The van der Waals surface area contributed by atoms with Crippen molar-refractivity contribution in [2.45, 2.75) is 25.3 Å². The summed E-state index contributed by atoms with van der Waals surface area (Å²) in [5.41, 5.74) is 3.13. The normalized spacial score (nSPS) is 15.1. The van der Waals surface area contributed by atoms with Crippen molar-refractivity contribution in [2.24, 2.45) is 0 Å². The highest BCUT2D eigenvalue weighted by Gasteiger charge is 2.28. The third kappa shape index (κ3) is 4.63. The Morgan fingerprint density at radius 3 is 2.62 bits per heavy atom. The highest BCUT2D eigenvalue weighted by molar-refractivity contribution is 7.89. The van der Waals surface area contributed by atoms with E-state index in [1.165, 1.54) is 10.4 Å². The van der Waals surface area contributed by atoms with Crippen LogP contribution in [0.3, 0.4) is 0 Å². The average molecular weight is 475 g/mol. The molecule has 0 aliphatic carbocycles. The number of fused-ring (bicyclic) bond motifs is 1. The third-order valence-electron chi connectivity index (χ3n) is 5.37. The van der Waals surface area contributed by atoms with E-state index in [-0.39, 0.29) is 35.3 Å². The quantitative estimate of drug-likeness (QED) is 0.412. The van der Waals surface area contributed by atoms with Crippen LogP contribution in [0.15, 0.2) is 47.4 Å². The lowest BCUT2D eigenvalue weighted by Crippen LogP contribution is -2.40. The van der Waals surface area contributed by atoms with Crippen molar-refractivity contribution in [1.29, 1.82) is 0 Å². The van der Waals surface area contributed by atoms with Gasteiger partial charge in [-0.05, 0) is 49.2 Å². The van der Waals surface area contributed by atoms with Gasteiger partial charge in [-0.1, -0.05) is 29.8 Å². The first-order valence-corrected chi connectivity index (χ1v) is 12.0. The number of sulfonamides is 1. The molecule has 0 spiro atoms. The maximum atomic E-state index is 13.0. The first kappa shape index (κ1) is 22.7. The highest BCUT2D eigenvalue weighted by Crippen LogP contribution is 2.25. The fourth-order valence-electron chi connectivity index (χ4n) is 3.56. The first-order valence-electron chi connectivity index (χ1n) is 10.2. The molecule has 0 N–H and O–H groups in total. The molecule has 0 amide bonds. The summed E-state index contributed by atoms with van der Waals surface area (Å²) in [5, 5.41) is 1.15. The van der Waals surface area contributed by atoms with Crippen LogP contribution in [0.2, 0.25) is 5.15 Å². The third-order valence-corrected chi connectivity index (χ3v) is 7.74. The Balaban J connectivity index is 1.54. The minimum Gasteiger partial charge on any atom is -0.457 e. The SMILES string of the molecule is Cc1ccc2cc(COC(=O)c3ccc(C)c(S(=O)(=O)N4CCOCC4)c3)c(Cl)nc2c1. The lowest BCUT2D eigenvalue weighted by molar-refractivity contribution is 0.0472. The van der Waals surface area contributed by atoms with Gasteiger partial charge in [-0.3, -0.25) is 0 Å². The van der Waals surface area contributed by atoms with Crippen LogP contribution in [0.4, 0.5) is 0 Å². The largest absolute Gasteiger partial charge is 0.457 e. The summed E-state index contributed by atoms with van der Waals surface area (Å²) in [4.78, 5) is 17.2. The van der Waals surface area contributed by atoms with E-state index in [1.807, 2.05) is 31.2 Å². The maximum absolute atomic E-state index is 13.0. The number of morpholine rings is 1. The summed E-state index contributed by atoms with van der Waals surface area (Å²) in [7, 11) is -3.74. The molecule has 0 bridgehead atoms. The molecule has 1 fully saturated rings. The minimum absolute atomic E-state index is 0.0755. The van der Waals surface area contributed by atoms with Crippen molar-refractivity contribution in [3.63, 3.8) is 0 Å². The van der Waals surface area contributed by atoms with Crippen LogP contribution in [-0.4, -0.2) is 50.0 Å². The predicted molar refractivity (Wildman–Crippen MR) is 121 cm³/mol. The van der Waals surface area contributed by atoms with E-state index in [4.69, 9.17) is 21.1 Å². The summed E-state index contributed by atoms with van der Waals surface area (Å²) >= 11 is 6.28. The van der Waals surface area contributed by atoms with Gasteiger partial charge in [0.25, 0.3) is 0 Å². The number of aromatic nitrogens is 1. The van der Waals surface area contributed by atoms with Crippen molar-refractivity contribution in [1.82, 2.24) is 9.29 Å². The van der Waals surface area contributed by atoms with Crippen molar-refractivity contribution in [3.8, 4) is 0 Å². The van der Waals surface area contributed by atoms with Gasteiger partial charge in [-0.2, -0.15) is 4.31 Å². The van der Waals surface area contributed by atoms with Gasteiger partial charge in [0.1, 0.15) is 11.8 Å². The van der Waals surface area contributed by atoms with Crippen LogP contribution in [0, 0.1) is 13.8 Å². The summed E-state index contributed by atoms with van der Waals surface area (Å²) in [6.45, 7) is 4.85. The molecular formula is C23H23ClN2O5S. The minimum atomic E-state index is -3.74. The molecule has 0 atom stereocenters. The Hall–Kier alpha value is -2.52. The monoisotopic (exact) mass is 474 g/mol. The number of carbonyl (C=O) groups is 1. The number of aryl methyl sites for hydroxylation is 2. The number of halogens is 1. The molecule has 0 radical (unpaired) electrons. The van der Waals surface area contributed by atoms with Crippen LogP contribution in [-0.2, 0) is 26.1 Å². The van der Waals surface area contributed by atoms with Gasteiger partial charge in [-0.25, -0.2) is 18.2 Å². The number of benzene rings is 2. The van der Waals surface area contributed by atoms with Crippen LogP contribution >= 0.6 is 11.6 Å². The standard InChI is InChI=1S/C23H23ClN2O5S/c1-15-3-5-17-12-19(22(24)25-20(17)11-15)14-31-23(27)18-6-4-16(2)21(13-18)32(28,29)26-7-9-30-10-8-26/h3-6,11-13H,7-10,14H2,1-2H3. The lowest BCUT2D eigenvalue weighted by Gasteiger charge is -2.26.